The Morgan fingerprint density at radius 3 is 1.33 bits per heavy atom. The Kier molecular flexibility index (Phi) is 6.88. The van der Waals surface area contributed by atoms with Crippen molar-refractivity contribution < 1.29 is 0 Å². The molecule has 11 aromatic rings. The minimum Gasteiger partial charge on any atom is -0.309 e. The quantitative estimate of drug-likeness (QED) is 0.167. The molecule has 1 aliphatic rings. The predicted molar refractivity (Wildman–Crippen MR) is 238 cm³/mol. The Hall–Kier alpha value is -7.42. The third-order valence-corrected chi connectivity index (χ3v) is 12.4. The molecular formula is C55H36N2. The molecule has 2 nitrogen and oxygen atoms in total. The van der Waals surface area contributed by atoms with E-state index in [-0.39, 0.29) is 0 Å². The van der Waals surface area contributed by atoms with Gasteiger partial charge in [0.15, 0.2) is 0 Å². The van der Waals surface area contributed by atoms with Crippen LogP contribution < -0.4 is 0 Å². The van der Waals surface area contributed by atoms with E-state index in [1.165, 1.54) is 93.8 Å². The highest BCUT2D eigenvalue weighted by Crippen LogP contribution is 2.56. The van der Waals surface area contributed by atoms with Crippen LogP contribution in [0.3, 0.4) is 0 Å². The molecule has 12 rings (SSSR count). The number of hydrogen-bond donors (Lipinski definition) is 0. The van der Waals surface area contributed by atoms with Crippen molar-refractivity contribution >= 4 is 43.6 Å². The number of rotatable bonds is 5. The molecule has 2 aromatic heterocycles. The largest absolute Gasteiger partial charge is 0.309 e. The van der Waals surface area contributed by atoms with Gasteiger partial charge in [-0.05, 0) is 105 Å². The zero-order valence-corrected chi connectivity index (χ0v) is 31.2. The normalized spacial score (nSPS) is 13.1. The van der Waals surface area contributed by atoms with Gasteiger partial charge in [0.05, 0.1) is 27.5 Å². The Bertz CT molecular complexity index is 3290. The predicted octanol–water partition coefficient (Wildman–Crippen LogP) is 13.9. The number of nitrogens with zero attached hydrogens (tertiary/aromatic N) is 2. The van der Waals surface area contributed by atoms with E-state index in [1.807, 2.05) is 0 Å². The lowest BCUT2D eigenvalue weighted by atomic mass is 9.68. The average Bonchev–Trinajstić information content (AvgIpc) is 3.91. The first kappa shape index (κ1) is 31.9. The fourth-order valence-corrected chi connectivity index (χ4v) is 10.0. The molecule has 0 unspecified atom stereocenters. The van der Waals surface area contributed by atoms with Crippen LogP contribution in [0.1, 0.15) is 22.3 Å². The Labute approximate surface area is 331 Å². The molecule has 0 N–H and O–H groups in total. The molecule has 0 amide bonds. The Morgan fingerprint density at radius 1 is 0.281 bits per heavy atom. The van der Waals surface area contributed by atoms with Crippen LogP contribution in [0.15, 0.2) is 218 Å². The van der Waals surface area contributed by atoms with Crippen LogP contribution >= 0.6 is 0 Å². The van der Waals surface area contributed by atoms with Crippen molar-refractivity contribution in [2.45, 2.75) is 5.41 Å². The SMILES string of the molecule is c1ccc(-n2c3ccccc3c3cc(-c4ccc5c(c4)c4ccccc4n5-c4ccc5c(c4)-c4ccccc4C5(c4ccccc4)c4ccccc4)ccc32)cc1. The number of para-hydroxylation sites is 3. The first-order valence-corrected chi connectivity index (χ1v) is 19.8. The van der Waals surface area contributed by atoms with Gasteiger partial charge < -0.3 is 9.13 Å². The molecule has 57 heavy (non-hydrogen) atoms. The summed E-state index contributed by atoms with van der Waals surface area (Å²) >= 11 is 0. The third-order valence-electron chi connectivity index (χ3n) is 12.4. The minimum atomic E-state index is -0.419. The van der Waals surface area contributed by atoms with Gasteiger partial charge in [-0.3, -0.25) is 0 Å². The average molecular weight is 725 g/mol. The standard InChI is InChI=1S/C55H36N2/c1-4-16-39(17-5-1)55(40-18-6-2-7-19-40)49-25-13-10-22-43(49)46-36-42(30-31-50(46)55)57-52-27-15-12-24-45(52)48-35-38(29-33-54(48)57)37-28-32-53-47(34-37)44-23-11-14-26-51(44)56(53)41-20-8-3-9-21-41/h1-36H. The van der Waals surface area contributed by atoms with E-state index in [2.05, 4.69) is 228 Å². The van der Waals surface area contributed by atoms with Crippen molar-refractivity contribution in [3.8, 4) is 33.6 Å². The number of benzene rings is 9. The second-order valence-corrected chi connectivity index (χ2v) is 15.3. The maximum atomic E-state index is 2.46. The molecule has 9 aromatic carbocycles. The molecular weight excluding hydrogens is 689 g/mol. The van der Waals surface area contributed by atoms with Crippen molar-refractivity contribution in [3.05, 3.63) is 241 Å². The zero-order chi connectivity index (χ0) is 37.5. The van der Waals surface area contributed by atoms with E-state index in [1.54, 1.807) is 0 Å². The fourth-order valence-electron chi connectivity index (χ4n) is 10.0. The maximum Gasteiger partial charge on any atom is 0.0713 e. The van der Waals surface area contributed by atoms with Gasteiger partial charge in [-0.25, -0.2) is 0 Å². The van der Waals surface area contributed by atoms with E-state index in [0.29, 0.717) is 0 Å². The molecule has 0 radical (unpaired) electrons. The lowest BCUT2D eigenvalue weighted by Crippen LogP contribution is -2.28. The second kappa shape index (κ2) is 12.3. The molecule has 1 aliphatic carbocycles. The van der Waals surface area contributed by atoms with Crippen LogP contribution in [0.2, 0.25) is 0 Å². The third kappa shape index (κ3) is 4.53. The van der Waals surface area contributed by atoms with Crippen molar-refractivity contribution in [2.75, 3.05) is 0 Å². The smallest absolute Gasteiger partial charge is 0.0713 e. The zero-order valence-electron chi connectivity index (χ0n) is 31.2. The topological polar surface area (TPSA) is 9.86 Å². The lowest BCUT2D eigenvalue weighted by molar-refractivity contribution is 0.768. The molecule has 0 fully saturated rings. The van der Waals surface area contributed by atoms with Gasteiger partial charge in [-0.15, -0.1) is 0 Å². The summed E-state index contributed by atoms with van der Waals surface area (Å²) in [6.07, 6.45) is 0. The van der Waals surface area contributed by atoms with Crippen LogP contribution in [0.4, 0.5) is 0 Å². The number of hydrogen-bond acceptors (Lipinski definition) is 0. The molecule has 2 heteroatoms. The maximum absolute atomic E-state index is 2.46. The summed E-state index contributed by atoms with van der Waals surface area (Å²) in [6.45, 7) is 0. The van der Waals surface area contributed by atoms with Crippen LogP contribution in [-0.4, -0.2) is 9.13 Å². The van der Waals surface area contributed by atoms with E-state index in [4.69, 9.17) is 0 Å². The molecule has 2 heterocycles. The Morgan fingerprint density at radius 2 is 0.737 bits per heavy atom. The molecule has 0 bridgehead atoms. The fraction of sp³-hybridized carbons (Fsp3) is 0.0182. The minimum absolute atomic E-state index is 0.419. The van der Waals surface area contributed by atoms with Crippen molar-refractivity contribution in [2.24, 2.45) is 0 Å². The van der Waals surface area contributed by atoms with Gasteiger partial charge in [0, 0.05) is 32.9 Å². The highest BCUT2D eigenvalue weighted by atomic mass is 15.0. The summed E-state index contributed by atoms with van der Waals surface area (Å²) in [4.78, 5) is 0. The second-order valence-electron chi connectivity index (χ2n) is 15.3. The highest BCUT2D eigenvalue weighted by Gasteiger charge is 2.46. The summed E-state index contributed by atoms with van der Waals surface area (Å²) in [7, 11) is 0. The molecule has 0 saturated carbocycles. The lowest BCUT2D eigenvalue weighted by Gasteiger charge is -2.33. The van der Waals surface area contributed by atoms with Gasteiger partial charge >= 0.3 is 0 Å². The summed E-state index contributed by atoms with van der Waals surface area (Å²) in [5, 5.41) is 5.02. The highest BCUT2D eigenvalue weighted by molar-refractivity contribution is 6.12. The van der Waals surface area contributed by atoms with Gasteiger partial charge in [-0.1, -0.05) is 158 Å². The van der Waals surface area contributed by atoms with Crippen molar-refractivity contribution in [1.29, 1.82) is 0 Å². The van der Waals surface area contributed by atoms with Crippen molar-refractivity contribution in [3.63, 3.8) is 0 Å². The van der Waals surface area contributed by atoms with Crippen LogP contribution in [0.5, 0.6) is 0 Å². The van der Waals surface area contributed by atoms with Crippen LogP contribution in [0.25, 0.3) is 77.2 Å². The number of aromatic nitrogens is 2. The van der Waals surface area contributed by atoms with E-state index in [9.17, 15) is 0 Å². The summed E-state index contributed by atoms with van der Waals surface area (Å²) in [5.74, 6) is 0. The van der Waals surface area contributed by atoms with Gasteiger partial charge in [0.25, 0.3) is 0 Å². The van der Waals surface area contributed by atoms with Crippen LogP contribution in [0, 0.1) is 0 Å². The van der Waals surface area contributed by atoms with Gasteiger partial charge in [0.1, 0.15) is 0 Å². The summed E-state index contributed by atoms with van der Waals surface area (Å²) < 4.78 is 4.84. The molecule has 0 spiro atoms. The molecule has 0 aliphatic heterocycles. The van der Waals surface area contributed by atoms with Gasteiger partial charge in [-0.2, -0.15) is 0 Å². The van der Waals surface area contributed by atoms with E-state index >= 15 is 0 Å². The molecule has 0 atom stereocenters. The van der Waals surface area contributed by atoms with E-state index < -0.39 is 5.41 Å². The number of fused-ring (bicyclic) bond motifs is 9. The first-order chi connectivity index (χ1) is 28.3. The van der Waals surface area contributed by atoms with E-state index in [0.717, 1.165) is 5.69 Å². The summed E-state index contributed by atoms with van der Waals surface area (Å²) in [5.41, 5.74) is 16.9. The first-order valence-electron chi connectivity index (χ1n) is 19.8. The van der Waals surface area contributed by atoms with Crippen LogP contribution in [-0.2, 0) is 5.41 Å². The monoisotopic (exact) mass is 724 g/mol. The van der Waals surface area contributed by atoms with Gasteiger partial charge in [0.2, 0.25) is 0 Å². The Balaban J connectivity index is 1.04. The molecule has 0 saturated heterocycles. The summed E-state index contributed by atoms with van der Waals surface area (Å²) in [6, 6.07) is 80.5. The molecule has 266 valence electrons. The van der Waals surface area contributed by atoms with Crippen molar-refractivity contribution in [1.82, 2.24) is 9.13 Å².